The number of ether oxygens (including phenoxy) is 3. The fourth-order valence-corrected chi connectivity index (χ4v) is 4.34. The molecule has 0 bridgehead atoms. The fourth-order valence-electron chi connectivity index (χ4n) is 4.34. The molecule has 0 fully saturated rings. The van der Waals surface area contributed by atoms with Gasteiger partial charge in [0.2, 0.25) is 5.91 Å². The molecule has 0 aromatic heterocycles. The Balaban J connectivity index is 1.53. The van der Waals surface area contributed by atoms with Gasteiger partial charge in [0.05, 0.1) is 38.4 Å². The molecule has 0 aliphatic rings. The molecule has 41 heavy (non-hydrogen) atoms. The molecule has 220 valence electrons. The van der Waals surface area contributed by atoms with Crippen molar-refractivity contribution in [3.8, 4) is 5.75 Å². The first kappa shape index (κ1) is 32.0. The first-order valence-corrected chi connectivity index (χ1v) is 14.2. The highest BCUT2D eigenvalue weighted by molar-refractivity contribution is 6.09. The standard InChI is InChI=1S/C34H43NO6/c1-24(2)35(21-31(36)23-41-32-16-14-27(15-17-32)22-39-18-19-40-25(3)4)34(38)26(5)29-12-9-13-30(20-29)33(37)28-10-7-6-8-11-28/h6-17,20,24-26,31,36H,18-19,21-23H2,1-5H3/t26-,31-/m0/s1. The Kier molecular flexibility index (Phi) is 12.5. The summed E-state index contributed by atoms with van der Waals surface area (Å²) in [5.41, 5.74) is 2.91. The van der Waals surface area contributed by atoms with Crippen LogP contribution < -0.4 is 4.74 Å². The summed E-state index contributed by atoms with van der Waals surface area (Å²) in [7, 11) is 0. The number of hydrogen-bond donors (Lipinski definition) is 1. The lowest BCUT2D eigenvalue weighted by atomic mass is 9.94. The Hall–Kier alpha value is -3.52. The first-order chi connectivity index (χ1) is 19.7. The average molecular weight is 562 g/mol. The number of rotatable bonds is 16. The van der Waals surface area contributed by atoms with Crippen LogP contribution in [-0.2, 0) is 20.9 Å². The van der Waals surface area contributed by atoms with Crippen LogP contribution in [0.5, 0.6) is 5.75 Å². The Labute approximate surface area is 244 Å². The molecule has 0 aliphatic heterocycles. The lowest BCUT2D eigenvalue weighted by Gasteiger charge is -2.31. The van der Waals surface area contributed by atoms with Gasteiger partial charge < -0.3 is 24.2 Å². The van der Waals surface area contributed by atoms with Crippen molar-refractivity contribution in [3.63, 3.8) is 0 Å². The third-order valence-electron chi connectivity index (χ3n) is 6.68. The van der Waals surface area contributed by atoms with E-state index in [2.05, 4.69) is 0 Å². The molecular weight excluding hydrogens is 518 g/mol. The number of hydrogen-bond acceptors (Lipinski definition) is 6. The van der Waals surface area contributed by atoms with Crippen molar-refractivity contribution in [2.75, 3.05) is 26.4 Å². The predicted molar refractivity (Wildman–Crippen MR) is 160 cm³/mol. The van der Waals surface area contributed by atoms with Crippen molar-refractivity contribution in [2.24, 2.45) is 0 Å². The molecule has 0 saturated heterocycles. The van der Waals surface area contributed by atoms with Gasteiger partial charge in [0.15, 0.2) is 5.78 Å². The Bertz CT molecular complexity index is 1230. The molecule has 0 aliphatic carbocycles. The van der Waals surface area contributed by atoms with Crippen molar-refractivity contribution in [3.05, 3.63) is 101 Å². The van der Waals surface area contributed by atoms with Crippen LogP contribution in [-0.4, -0.2) is 66.3 Å². The zero-order valence-electron chi connectivity index (χ0n) is 24.8. The summed E-state index contributed by atoms with van der Waals surface area (Å²) in [6.07, 6.45) is -0.683. The van der Waals surface area contributed by atoms with Crippen molar-refractivity contribution in [2.45, 2.75) is 65.4 Å². The second-order valence-corrected chi connectivity index (χ2v) is 10.7. The SMILES string of the molecule is CC(C)OCCOCc1ccc(OC[C@@H](O)CN(C(=O)[C@@H](C)c2cccc(C(=O)c3ccccc3)c2)C(C)C)cc1. The molecule has 0 saturated carbocycles. The van der Waals surface area contributed by atoms with E-state index in [1.54, 1.807) is 35.2 Å². The topological polar surface area (TPSA) is 85.3 Å². The summed E-state index contributed by atoms with van der Waals surface area (Å²) in [6, 6.07) is 23.7. The molecular formula is C34H43NO6. The quantitative estimate of drug-likeness (QED) is 0.180. The van der Waals surface area contributed by atoms with Crippen LogP contribution in [0.25, 0.3) is 0 Å². The van der Waals surface area contributed by atoms with Gasteiger partial charge in [-0.2, -0.15) is 0 Å². The number of benzene rings is 3. The Morgan fingerprint density at radius 2 is 1.51 bits per heavy atom. The van der Waals surface area contributed by atoms with Gasteiger partial charge in [0.25, 0.3) is 0 Å². The highest BCUT2D eigenvalue weighted by Gasteiger charge is 2.27. The third kappa shape index (κ3) is 10.1. The maximum absolute atomic E-state index is 13.5. The second-order valence-electron chi connectivity index (χ2n) is 10.7. The molecule has 0 unspecified atom stereocenters. The van der Waals surface area contributed by atoms with E-state index in [0.717, 1.165) is 11.1 Å². The minimum Gasteiger partial charge on any atom is -0.491 e. The number of amides is 1. The van der Waals surface area contributed by atoms with E-state index in [1.807, 2.05) is 83.1 Å². The zero-order chi connectivity index (χ0) is 29.8. The summed E-state index contributed by atoms with van der Waals surface area (Å²) in [6.45, 7) is 11.4. The predicted octanol–water partition coefficient (Wildman–Crippen LogP) is 5.64. The highest BCUT2D eigenvalue weighted by atomic mass is 16.5. The number of ketones is 1. The number of carbonyl (C=O) groups is 2. The van der Waals surface area contributed by atoms with Gasteiger partial charge in [-0.3, -0.25) is 9.59 Å². The maximum Gasteiger partial charge on any atom is 0.230 e. The highest BCUT2D eigenvalue weighted by Crippen LogP contribution is 2.22. The number of aliphatic hydroxyl groups is 1. The summed E-state index contributed by atoms with van der Waals surface area (Å²) in [4.78, 5) is 28.1. The van der Waals surface area contributed by atoms with Crippen molar-refractivity contribution >= 4 is 11.7 Å². The van der Waals surface area contributed by atoms with Gasteiger partial charge in [-0.1, -0.05) is 60.7 Å². The van der Waals surface area contributed by atoms with E-state index in [-0.39, 0.29) is 37.0 Å². The summed E-state index contributed by atoms with van der Waals surface area (Å²) < 4.78 is 16.9. The molecule has 0 heterocycles. The lowest BCUT2D eigenvalue weighted by molar-refractivity contribution is -0.136. The van der Waals surface area contributed by atoms with Gasteiger partial charge in [-0.15, -0.1) is 0 Å². The molecule has 7 heteroatoms. The van der Waals surface area contributed by atoms with E-state index in [0.29, 0.717) is 36.7 Å². The second kappa shape index (κ2) is 16.1. The van der Waals surface area contributed by atoms with Crippen LogP contribution in [0.3, 0.4) is 0 Å². The maximum atomic E-state index is 13.5. The van der Waals surface area contributed by atoms with Crippen LogP contribution in [0, 0.1) is 0 Å². The van der Waals surface area contributed by atoms with E-state index < -0.39 is 12.0 Å². The largest absolute Gasteiger partial charge is 0.491 e. The van der Waals surface area contributed by atoms with Gasteiger partial charge in [0, 0.05) is 17.2 Å². The number of aliphatic hydroxyl groups excluding tert-OH is 1. The summed E-state index contributed by atoms with van der Waals surface area (Å²) in [5, 5.41) is 10.7. The van der Waals surface area contributed by atoms with Crippen LogP contribution in [0.4, 0.5) is 0 Å². The molecule has 3 rings (SSSR count). The van der Waals surface area contributed by atoms with E-state index in [4.69, 9.17) is 14.2 Å². The third-order valence-corrected chi connectivity index (χ3v) is 6.68. The van der Waals surface area contributed by atoms with Crippen LogP contribution >= 0.6 is 0 Å². The lowest BCUT2D eigenvalue weighted by Crippen LogP contribution is -2.45. The molecule has 7 nitrogen and oxygen atoms in total. The number of carbonyl (C=O) groups excluding carboxylic acids is 2. The van der Waals surface area contributed by atoms with Crippen LogP contribution in [0.15, 0.2) is 78.9 Å². The average Bonchev–Trinajstić information content (AvgIpc) is 2.98. The number of nitrogens with zero attached hydrogens (tertiary/aromatic N) is 1. The molecule has 0 spiro atoms. The Morgan fingerprint density at radius 3 is 2.17 bits per heavy atom. The fraction of sp³-hybridized carbons (Fsp3) is 0.412. The van der Waals surface area contributed by atoms with Gasteiger partial charge in [-0.05, 0) is 63.9 Å². The van der Waals surface area contributed by atoms with Crippen molar-refractivity contribution in [1.29, 1.82) is 0 Å². The molecule has 1 amide bonds. The normalized spacial score (nSPS) is 12.8. The Morgan fingerprint density at radius 1 is 0.829 bits per heavy atom. The monoisotopic (exact) mass is 561 g/mol. The van der Waals surface area contributed by atoms with Gasteiger partial charge >= 0.3 is 0 Å². The van der Waals surface area contributed by atoms with Gasteiger partial charge in [-0.25, -0.2) is 0 Å². The zero-order valence-corrected chi connectivity index (χ0v) is 24.8. The summed E-state index contributed by atoms with van der Waals surface area (Å²) >= 11 is 0. The minimum absolute atomic E-state index is 0.0499. The first-order valence-electron chi connectivity index (χ1n) is 14.2. The smallest absolute Gasteiger partial charge is 0.230 e. The minimum atomic E-state index is -0.872. The molecule has 3 aromatic rings. The van der Waals surface area contributed by atoms with Crippen molar-refractivity contribution in [1.82, 2.24) is 4.90 Å². The van der Waals surface area contributed by atoms with Gasteiger partial charge in [0.1, 0.15) is 18.5 Å². The van der Waals surface area contributed by atoms with E-state index >= 15 is 0 Å². The van der Waals surface area contributed by atoms with Crippen LogP contribution in [0.2, 0.25) is 0 Å². The molecule has 2 atom stereocenters. The van der Waals surface area contributed by atoms with E-state index in [1.165, 1.54) is 0 Å². The van der Waals surface area contributed by atoms with E-state index in [9.17, 15) is 14.7 Å². The van der Waals surface area contributed by atoms with Crippen molar-refractivity contribution < 1.29 is 28.9 Å². The molecule has 1 N–H and O–H groups in total. The molecule has 0 radical (unpaired) electrons. The molecule has 3 aromatic carbocycles. The van der Waals surface area contributed by atoms with Crippen LogP contribution in [0.1, 0.15) is 67.6 Å². The summed E-state index contributed by atoms with van der Waals surface area (Å²) in [5.74, 6) is -0.0592.